The van der Waals surface area contributed by atoms with Gasteiger partial charge in [-0.15, -0.1) is 0 Å². The zero-order valence-electron chi connectivity index (χ0n) is 24.6. The predicted molar refractivity (Wildman–Crippen MR) is 166 cm³/mol. The second kappa shape index (κ2) is 11.4. The van der Waals surface area contributed by atoms with Crippen LogP contribution in [-0.2, 0) is 20.3 Å². The number of pyridine rings is 2. The number of alkyl carbamates (subject to hydrolysis) is 1. The van der Waals surface area contributed by atoms with E-state index in [1.807, 2.05) is 4.90 Å². The first-order chi connectivity index (χ1) is 21.9. The largest absolute Gasteiger partial charge is 0.477 e. The van der Waals surface area contributed by atoms with Crippen LogP contribution in [0.4, 0.5) is 14.9 Å². The van der Waals surface area contributed by atoms with Crippen LogP contribution >= 0.6 is 26.8 Å². The number of carboxylic acid groups (broad SMARTS) is 1. The highest BCUT2D eigenvalue weighted by molar-refractivity contribution is 7.72. The summed E-state index contributed by atoms with van der Waals surface area (Å²) < 4.78 is 45.8. The van der Waals surface area contributed by atoms with Crippen LogP contribution in [-0.4, -0.2) is 76.7 Å². The lowest BCUT2D eigenvalue weighted by atomic mass is 10.0. The van der Waals surface area contributed by atoms with Gasteiger partial charge in [0.2, 0.25) is 5.43 Å². The summed E-state index contributed by atoms with van der Waals surface area (Å²) in [4.78, 5) is 84.3. The van der Waals surface area contributed by atoms with Gasteiger partial charge in [-0.3, -0.25) is 18.9 Å². The van der Waals surface area contributed by atoms with Crippen molar-refractivity contribution in [2.45, 2.75) is 55.9 Å². The van der Waals surface area contributed by atoms with Gasteiger partial charge in [-0.05, 0) is 43.0 Å². The molecule has 0 bridgehead atoms. The average molecular weight is 715 g/mol. The maximum atomic E-state index is 14.3. The van der Waals surface area contributed by atoms with Crippen LogP contribution in [0, 0.1) is 12.3 Å². The summed E-state index contributed by atoms with van der Waals surface area (Å²) in [5.41, 5.74) is -0.733. The zero-order chi connectivity index (χ0) is 34.3. The van der Waals surface area contributed by atoms with E-state index < -0.39 is 73.4 Å². The van der Waals surface area contributed by atoms with Crippen LogP contribution in [0.15, 0.2) is 41.6 Å². The molecule has 3 aliphatic rings. The third-order valence-corrected chi connectivity index (χ3v) is 13.4. The molecule has 1 amide bonds. The smallest absolute Gasteiger partial charge is 0.409 e. The molecule has 3 fully saturated rings. The number of hydrogen-bond acceptors (Lipinski definition) is 8. The molecule has 3 atom stereocenters. The normalized spacial score (nSPS) is 22.0. The maximum Gasteiger partial charge on any atom is 0.409 e. The molecule has 2 aliphatic carbocycles. The number of benzene rings is 1. The van der Waals surface area contributed by atoms with Gasteiger partial charge in [0.1, 0.15) is 11.7 Å². The van der Waals surface area contributed by atoms with E-state index in [0.717, 1.165) is 12.4 Å². The van der Waals surface area contributed by atoms with Gasteiger partial charge in [0, 0.05) is 55.3 Å². The molecule has 252 valence electrons. The Morgan fingerprint density at radius 2 is 1.89 bits per heavy atom. The van der Waals surface area contributed by atoms with Crippen LogP contribution in [0.1, 0.15) is 46.8 Å². The number of aryl methyl sites for hydroxylation is 1. The SMILES string of the molecule is Cc1cc2c(=O)c(C(=O)O)cn(C3C[C@@H]3F)c2c(Cl)c1N1C[C@@H](NC(=O)OC(Cc2cccnc2)(P(=O)(O)O)P(=O)(O)O)C2(CC2)C1. The minimum Gasteiger partial charge on any atom is -0.477 e. The molecule has 6 N–H and O–H groups in total. The molecule has 1 unspecified atom stereocenters. The van der Waals surface area contributed by atoms with Crippen molar-refractivity contribution in [1.82, 2.24) is 14.9 Å². The summed E-state index contributed by atoms with van der Waals surface area (Å²) in [7, 11) is -11.6. The molecule has 1 spiro atoms. The number of nitrogens with one attached hydrogen (secondary N) is 1. The molecule has 47 heavy (non-hydrogen) atoms. The predicted octanol–water partition coefficient (Wildman–Crippen LogP) is 3.29. The number of aromatic nitrogens is 2. The van der Waals surface area contributed by atoms with E-state index in [2.05, 4.69) is 10.3 Å². The lowest BCUT2D eigenvalue weighted by Crippen LogP contribution is -2.46. The van der Waals surface area contributed by atoms with Crippen molar-refractivity contribution in [1.29, 1.82) is 0 Å². The quantitative estimate of drug-likeness (QED) is 0.175. The van der Waals surface area contributed by atoms with Crippen LogP contribution in [0.2, 0.25) is 5.02 Å². The number of rotatable bonds is 9. The van der Waals surface area contributed by atoms with E-state index in [9.17, 15) is 52.6 Å². The van der Waals surface area contributed by atoms with E-state index in [4.69, 9.17) is 16.3 Å². The molecule has 15 nitrogen and oxygen atoms in total. The number of nitrogens with zero attached hydrogens (tertiary/aromatic N) is 3. The van der Waals surface area contributed by atoms with E-state index in [-0.39, 0.29) is 34.5 Å². The first-order valence-corrected chi connectivity index (χ1v) is 18.0. The van der Waals surface area contributed by atoms with Crippen LogP contribution < -0.4 is 15.6 Å². The minimum atomic E-state index is -5.82. The molecule has 1 aromatic carbocycles. The first-order valence-electron chi connectivity index (χ1n) is 14.4. The topological polar surface area (TPSA) is 229 Å². The van der Waals surface area contributed by atoms with Gasteiger partial charge in [-0.25, -0.2) is 14.0 Å². The summed E-state index contributed by atoms with van der Waals surface area (Å²) >= 11 is 6.93. The Balaban J connectivity index is 1.32. The maximum absolute atomic E-state index is 14.3. The van der Waals surface area contributed by atoms with Crippen molar-refractivity contribution in [2.24, 2.45) is 5.41 Å². The third kappa shape index (κ3) is 5.75. The third-order valence-electron chi connectivity index (χ3n) is 9.16. The standard InChI is InChI=1S/C28H30ClFN4O11P2/c1-14-7-16-23(34(19-8-18(19)30)11-17(24(16)35)25(36)37)21(29)22(14)33-12-20(27(13-33)4-5-27)32-26(38)45-28(46(39,40)41,47(42,43)44)9-15-3-2-6-31-10-15/h2-3,6-7,10-11,18-20H,4-5,8-9,12-13H2,1H3,(H,32,38)(H,36,37)(H2,39,40,41)(H2,42,43,44)/t18-,19?,20+/m0/s1. The molecule has 1 saturated heterocycles. The number of alkyl halides is 1. The van der Waals surface area contributed by atoms with E-state index in [0.29, 0.717) is 30.6 Å². The number of halogens is 2. The number of anilines is 1. The van der Waals surface area contributed by atoms with Gasteiger partial charge < -0.3 is 44.2 Å². The average Bonchev–Trinajstić information content (AvgIpc) is 3.87. The number of hydrogen-bond donors (Lipinski definition) is 6. The molecule has 19 heteroatoms. The van der Waals surface area contributed by atoms with Gasteiger partial charge >= 0.3 is 32.3 Å². The number of ether oxygens (including phenoxy) is 1. The Bertz CT molecular complexity index is 1940. The summed E-state index contributed by atoms with van der Waals surface area (Å²) in [5, 5.41) is 8.70. The van der Waals surface area contributed by atoms with E-state index in [1.54, 1.807) is 6.92 Å². The van der Waals surface area contributed by atoms with Gasteiger partial charge in [0.05, 0.1) is 28.3 Å². The van der Waals surface area contributed by atoms with Crippen molar-refractivity contribution in [3.63, 3.8) is 0 Å². The molecule has 0 radical (unpaired) electrons. The number of carboxylic acids is 1. The number of aromatic carboxylic acids is 1. The molecule has 6 rings (SSSR count). The Kier molecular flexibility index (Phi) is 8.11. The van der Waals surface area contributed by atoms with Gasteiger partial charge in [0.15, 0.2) is 0 Å². The molecule has 2 aromatic heterocycles. The molecular weight excluding hydrogens is 685 g/mol. The van der Waals surface area contributed by atoms with Crippen molar-refractivity contribution < 1.29 is 52.5 Å². The van der Waals surface area contributed by atoms with Crippen molar-refractivity contribution in [2.75, 3.05) is 18.0 Å². The van der Waals surface area contributed by atoms with Gasteiger partial charge in [-0.2, -0.15) is 0 Å². The van der Waals surface area contributed by atoms with Crippen LogP contribution in [0.5, 0.6) is 0 Å². The Morgan fingerprint density at radius 1 is 1.23 bits per heavy atom. The highest BCUT2D eigenvalue weighted by Crippen LogP contribution is 2.70. The Labute approximate surface area is 270 Å². The number of fused-ring (bicyclic) bond motifs is 1. The lowest BCUT2D eigenvalue weighted by Gasteiger charge is -2.34. The molecule has 3 heterocycles. The van der Waals surface area contributed by atoms with Gasteiger partial charge in [-0.1, -0.05) is 17.7 Å². The number of carbonyl (C=O) groups excluding carboxylic acids is 1. The second-order valence-electron chi connectivity index (χ2n) is 12.4. The summed E-state index contributed by atoms with van der Waals surface area (Å²) in [5.74, 6) is -1.46. The van der Waals surface area contributed by atoms with Crippen LogP contribution in [0.3, 0.4) is 0 Å². The van der Waals surface area contributed by atoms with Crippen molar-refractivity contribution >= 4 is 55.4 Å². The molecular formula is C28H30ClFN4O11P2. The number of amides is 1. The van der Waals surface area contributed by atoms with E-state index >= 15 is 0 Å². The summed E-state index contributed by atoms with van der Waals surface area (Å²) in [6, 6.07) is 2.75. The fraction of sp³-hybridized carbons (Fsp3) is 0.429. The lowest BCUT2D eigenvalue weighted by molar-refractivity contribution is 0.0694. The van der Waals surface area contributed by atoms with E-state index in [1.165, 1.54) is 29.0 Å². The van der Waals surface area contributed by atoms with Crippen molar-refractivity contribution in [3.05, 3.63) is 68.7 Å². The fourth-order valence-corrected chi connectivity index (χ4v) is 9.46. The molecule has 1 aliphatic heterocycles. The molecule has 2 saturated carbocycles. The highest BCUT2D eigenvalue weighted by Gasteiger charge is 2.65. The second-order valence-corrected chi connectivity index (χ2v) is 16.7. The Hall–Kier alpha value is -3.36. The van der Waals surface area contributed by atoms with Gasteiger partial charge in [0.25, 0.3) is 0 Å². The Morgan fingerprint density at radius 3 is 2.43 bits per heavy atom. The zero-order valence-corrected chi connectivity index (χ0v) is 27.2. The van der Waals surface area contributed by atoms with Crippen molar-refractivity contribution in [3.8, 4) is 0 Å². The molecule has 3 aromatic rings. The summed E-state index contributed by atoms with van der Waals surface area (Å²) in [6.45, 7) is 2.07. The fourth-order valence-electron chi connectivity index (χ4n) is 6.46. The minimum absolute atomic E-state index is 0.00157. The highest BCUT2D eigenvalue weighted by atomic mass is 35.5. The number of carbonyl (C=O) groups is 2. The van der Waals surface area contributed by atoms with Crippen LogP contribution in [0.25, 0.3) is 10.9 Å². The first kappa shape index (κ1) is 33.5. The summed E-state index contributed by atoms with van der Waals surface area (Å²) in [6.07, 6.45) is 1.18. The monoisotopic (exact) mass is 714 g/mol.